The monoisotopic (exact) mass is 332 g/mol. The van der Waals surface area contributed by atoms with Crippen LogP contribution >= 0.6 is 11.6 Å². The van der Waals surface area contributed by atoms with E-state index in [0.29, 0.717) is 47.9 Å². The average molecular weight is 333 g/mol. The summed E-state index contributed by atoms with van der Waals surface area (Å²) in [5.74, 6) is 0.546. The second-order valence-corrected chi connectivity index (χ2v) is 6.00. The Bertz CT molecular complexity index is 831. The standard InChI is InChI=1S/C16H17ClN4O2/c1-10-19-14-5-8-21(7-4-12(14)15(22)20(10)2)16(23)11-3-6-18-9-13(11)17/h3,6,9H,4-5,7-8H2,1-2H3. The zero-order valence-electron chi connectivity index (χ0n) is 13.0. The number of hydrogen-bond acceptors (Lipinski definition) is 4. The Kier molecular flexibility index (Phi) is 4.17. The van der Waals surface area contributed by atoms with Crippen molar-refractivity contribution in [2.75, 3.05) is 13.1 Å². The smallest absolute Gasteiger partial charge is 0.256 e. The molecule has 0 saturated carbocycles. The van der Waals surface area contributed by atoms with Gasteiger partial charge in [-0.05, 0) is 19.4 Å². The molecule has 3 rings (SSSR count). The van der Waals surface area contributed by atoms with E-state index in [1.807, 2.05) is 6.92 Å². The van der Waals surface area contributed by atoms with E-state index in [2.05, 4.69) is 9.97 Å². The highest BCUT2D eigenvalue weighted by Gasteiger charge is 2.24. The molecule has 0 aromatic carbocycles. The van der Waals surface area contributed by atoms with Crippen LogP contribution in [-0.2, 0) is 19.9 Å². The summed E-state index contributed by atoms with van der Waals surface area (Å²) in [5, 5.41) is 0.337. The maximum absolute atomic E-state index is 12.7. The number of halogens is 1. The van der Waals surface area contributed by atoms with Crippen LogP contribution in [0.5, 0.6) is 0 Å². The van der Waals surface area contributed by atoms with E-state index in [9.17, 15) is 9.59 Å². The number of pyridine rings is 1. The predicted molar refractivity (Wildman–Crippen MR) is 86.8 cm³/mol. The number of aromatic nitrogens is 3. The van der Waals surface area contributed by atoms with Crippen molar-refractivity contribution in [3.8, 4) is 0 Å². The van der Waals surface area contributed by atoms with Gasteiger partial charge in [0.05, 0.1) is 16.3 Å². The third-order valence-corrected chi connectivity index (χ3v) is 4.53. The molecule has 0 atom stereocenters. The van der Waals surface area contributed by atoms with Gasteiger partial charge >= 0.3 is 0 Å². The molecule has 3 heterocycles. The topological polar surface area (TPSA) is 68.1 Å². The summed E-state index contributed by atoms with van der Waals surface area (Å²) in [6, 6.07) is 1.62. The van der Waals surface area contributed by atoms with Crippen LogP contribution < -0.4 is 5.56 Å². The molecule has 0 radical (unpaired) electrons. The first-order valence-corrected chi connectivity index (χ1v) is 7.81. The lowest BCUT2D eigenvalue weighted by Crippen LogP contribution is -2.33. The summed E-state index contributed by atoms with van der Waals surface area (Å²) in [5.41, 5.74) is 1.91. The first-order valence-electron chi connectivity index (χ1n) is 7.43. The first kappa shape index (κ1) is 15.7. The number of rotatable bonds is 1. The molecule has 2 aromatic heterocycles. The molecule has 6 nitrogen and oxygen atoms in total. The average Bonchev–Trinajstić information content (AvgIpc) is 2.75. The molecule has 1 amide bonds. The molecule has 120 valence electrons. The quantitative estimate of drug-likeness (QED) is 0.791. The second kappa shape index (κ2) is 6.12. The maximum Gasteiger partial charge on any atom is 0.256 e. The van der Waals surface area contributed by atoms with Crippen LogP contribution in [0.3, 0.4) is 0 Å². The molecular weight excluding hydrogens is 316 g/mol. The van der Waals surface area contributed by atoms with Gasteiger partial charge in [-0.15, -0.1) is 0 Å². The van der Waals surface area contributed by atoms with Gasteiger partial charge < -0.3 is 4.90 Å². The van der Waals surface area contributed by atoms with Gasteiger partial charge in [0, 0.05) is 44.5 Å². The lowest BCUT2D eigenvalue weighted by Gasteiger charge is -2.20. The summed E-state index contributed by atoms with van der Waals surface area (Å²) in [6.07, 6.45) is 4.08. The molecule has 0 saturated heterocycles. The largest absolute Gasteiger partial charge is 0.338 e. The fraction of sp³-hybridized carbons (Fsp3) is 0.375. The molecule has 0 fully saturated rings. The van der Waals surface area contributed by atoms with Gasteiger partial charge in [0.15, 0.2) is 0 Å². The Labute approximate surface area is 138 Å². The Hall–Kier alpha value is -2.21. The molecule has 2 aromatic rings. The summed E-state index contributed by atoms with van der Waals surface area (Å²) < 4.78 is 1.55. The summed E-state index contributed by atoms with van der Waals surface area (Å²) >= 11 is 6.06. The van der Waals surface area contributed by atoms with Crippen LogP contribution in [0, 0.1) is 6.92 Å². The first-order chi connectivity index (χ1) is 11.0. The summed E-state index contributed by atoms with van der Waals surface area (Å²) in [6.45, 7) is 2.81. The zero-order chi connectivity index (χ0) is 16.6. The molecule has 1 aliphatic heterocycles. The van der Waals surface area contributed by atoms with Crippen molar-refractivity contribution >= 4 is 17.5 Å². The van der Waals surface area contributed by atoms with Crippen LogP contribution in [0.25, 0.3) is 0 Å². The highest BCUT2D eigenvalue weighted by atomic mass is 35.5. The van der Waals surface area contributed by atoms with Crippen molar-refractivity contribution in [2.45, 2.75) is 19.8 Å². The van der Waals surface area contributed by atoms with Crippen LogP contribution in [0.1, 0.15) is 27.4 Å². The SMILES string of the molecule is Cc1nc2c(c(=O)n1C)CCN(C(=O)c1ccncc1Cl)CC2. The number of fused-ring (bicyclic) bond motifs is 1. The van der Waals surface area contributed by atoms with Gasteiger partial charge in [0.1, 0.15) is 5.82 Å². The van der Waals surface area contributed by atoms with Gasteiger partial charge in [0.2, 0.25) is 0 Å². The lowest BCUT2D eigenvalue weighted by atomic mass is 10.1. The third-order valence-electron chi connectivity index (χ3n) is 4.23. The minimum atomic E-state index is -0.140. The van der Waals surface area contributed by atoms with E-state index in [1.165, 1.54) is 6.20 Å². The zero-order valence-corrected chi connectivity index (χ0v) is 13.8. The maximum atomic E-state index is 12.7. The normalized spacial score (nSPS) is 14.3. The molecule has 7 heteroatoms. The fourth-order valence-electron chi connectivity index (χ4n) is 2.79. The molecular formula is C16H17ClN4O2. The Morgan fingerprint density at radius 2 is 2.04 bits per heavy atom. The van der Waals surface area contributed by atoms with Gasteiger partial charge in [-0.3, -0.25) is 19.1 Å². The van der Waals surface area contributed by atoms with E-state index in [4.69, 9.17) is 11.6 Å². The Balaban J connectivity index is 1.88. The molecule has 0 unspecified atom stereocenters. The van der Waals surface area contributed by atoms with Crippen LogP contribution in [0.2, 0.25) is 5.02 Å². The van der Waals surface area contributed by atoms with Crippen molar-refractivity contribution in [2.24, 2.45) is 7.05 Å². The highest BCUT2D eigenvalue weighted by molar-refractivity contribution is 6.33. The molecule has 23 heavy (non-hydrogen) atoms. The van der Waals surface area contributed by atoms with E-state index in [-0.39, 0.29) is 11.5 Å². The van der Waals surface area contributed by atoms with Crippen molar-refractivity contribution in [1.82, 2.24) is 19.4 Å². The van der Waals surface area contributed by atoms with Crippen LogP contribution in [0.15, 0.2) is 23.3 Å². The van der Waals surface area contributed by atoms with Crippen molar-refractivity contribution in [3.05, 3.63) is 56.5 Å². The molecule has 0 spiro atoms. The Morgan fingerprint density at radius 1 is 1.30 bits per heavy atom. The van der Waals surface area contributed by atoms with E-state index >= 15 is 0 Å². The molecule has 1 aliphatic rings. The summed E-state index contributed by atoms with van der Waals surface area (Å²) in [7, 11) is 1.72. The van der Waals surface area contributed by atoms with E-state index in [0.717, 1.165) is 5.69 Å². The van der Waals surface area contributed by atoms with Gasteiger partial charge in [-0.2, -0.15) is 0 Å². The van der Waals surface area contributed by atoms with Gasteiger partial charge in [-0.25, -0.2) is 4.98 Å². The number of hydrogen-bond donors (Lipinski definition) is 0. The lowest BCUT2D eigenvalue weighted by molar-refractivity contribution is 0.0763. The van der Waals surface area contributed by atoms with E-state index in [1.54, 1.807) is 28.8 Å². The molecule has 0 bridgehead atoms. The highest BCUT2D eigenvalue weighted by Crippen LogP contribution is 2.18. The molecule has 0 aliphatic carbocycles. The third kappa shape index (κ3) is 2.86. The fourth-order valence-corrected chi connectivity index (χ4v) is 2.99. The number of carbonyl (C=O) groups is 1. The summed E-state index contributed by atoms with van der Waals surface area (Å²) in [4.78, 5) is 35.2. The minimum Gasteiger partial charge on any atom is -0.338 e. The van der Waals surface area contributed by atoms with Crippen LogP contribution in [0.4, 0.5) is 0 Å². The van der Waals surface area contributed by atoms with Gasteiger partial charge in [0.25, 0.3) is 11.5 Å². The second-order valence-electron chi connectivity index (χ2n) is 5.60. The van der Waals surface area contributed by atoms with Gasteiger partial charge in [-0.1, -0.05) is 11.6 Å². The number of carbonyl (C=O) groups excluding carboxylic acids is 1. The van der Waals surface area contributed by atoms with Crippen molar-refractivity contribution in [3.63, 3.8) is 0 Å². The van der Waals surface area contributed by atoms with Crippen LogP contribution in [-0.4, -0.2) is 38.4 Å². The van der Waals surface area contributed by atoms with Crippen molar-refractivity contribution in [1.29, 1.82) is 0 Å². The van der Waals surface area contributed by atoms with E-state index < -0.39 is 0 Å². The predicted octanol–water partition coefficient (Wildman–Crippen LogP) is 1.38. The Morgan fingerprint density at radius 3 is 2.78 bits per heavy atom. The minimum absolute atomic E-state index is 0.0243. The number of amides is 1. The number of nitrogens with zero attached hydrogens (tertiary/aromatic N) is 4. The van der Waals surface area contributed by atoms with Crippen molar-refractivity contribution < 1.29 is 4.79 Å². The number of aryl methyl sites for hydroxylation is 1. The molecule has 0 N–H and O–H groups in total.